The predicted octanol–water partition coefficient (Wildman–Crippen LogP) is 2.31. The smallest absolute Gasteiger partial charge is 0.135 e. The van der Waals surface area contributed by atoms with Gasteiger partial charge in [0.1, 0.15) is 18.0 Å². The van der Waals surface area contributed by atoms with Gasteiger partial charge in [-0.25, -0.2) is 18.7 Å². The van der Waals surface area contributed by atoms with Crippen LogP contribution in [0.1, 0.15) is 5.69 Å². The largest absolute Gasteiger partial charge is 0.395 e. The average molecular weight is 221 g/mol. The number of halogens is 2. The Balaban J connectivity index is 2.63. The van der Waals surface area contributed by atoms with Crippen molar-refractivity contribution in [2.75, 3.05) is 5.73 Å². The lowest BCUT2D eigenvalue weighted by Crippen LogP contribution is -2.00. The second-order valence-electron chi connectivity index (χ2n) is 3.35. The molecule has 16 heavy (non-hydrogen) atoms. The zero-order chi connectivity index (χ0) is 11.7. The van der Waals surface area contributed by atoms with Crippen LogP contribution in [0.3, 0.4) is 0 Å². The molecule has 0 bridgehead atoms. The van der Waals surface area contributed by atoms with Crippen LogP contribution in [0, 0.1) is 18.6 Å². The van der Waals surface area contributed by atoms with Crippen LogP contribution in [0.5, 0.6) is 0 Å². The summed E-state index contributed by atoms with van der Waals surface area (Å²) in [5.74, 6) is -1.32. The maximum Gasteiger partial charge on any atom is 0.135 e. The van der Waals surface area contributed by atoms with Crippen LogP contribution in [-0.4, -0.2) is 9.97 Å². The summed E-state index contributed by atoms with van der Waals surface area (Å²) in [4.78, 5) is 7.78. The minimum absolute atomic E-state index is 0.171. The van der Waals surface area contributed by atoms with Gasteiger partial charge >= 0.3 is 0 Å². The number of hydrogen-bond donors (Lipinski definition) is 1. The summed E-state index contributed by atoms with van der Waals surface area (Å²) < 4.78 is 26.2. The molecule has 2 aromatic rings. The van der Waals surface area contributed by atoms with E-state index in [9.17, 15) is 8.78 Å². The van der Waals surface area contributed by atoms with E-state index in [2.05, 4.69) is 9.97 Å². The molecule has 2 rings (SSSR count). The fourth-order valence-corrected chi connectivity index (χ4v) is 1.38. The van der Waals surface area contributed by atoms with E-state index < -0.39 is 11.6 Å². The zero-order valence-corrected chi connectivity index (χ0v) is 8.54. The topological polar surface area (TPSA) is 51.8 Å². The monoisotopic (exact) mass is 221 g/mol. The van der Waals surface area contributed by atoms with Crippen LogP contribution >= 0.6 is 0 Å². The molecule has 2 N–H and O–H groups in total. The second kappa shape index (κ2) is 3.84. The summed E-state index contributed by atoms with van der Waals surface area (Å²) in [6.45, 7) is 1.70. The minimum Gasteiger partial charge on any atom is -0.395 e. The van der Waals surface area contributed by atoms with Gasteiger partial charge in [-0.15, -0.1) is 0 Å². The molecule has 5 heteroatoms. The summed E-state index contributed by atoms with van der Waals surface area (Å²) >= 11 is 0. The molecule has 0 aliphatic heterocycles. The molecule has 0 spiro atoms. The third-order valence-electron chi connectivity index (χ3n) is 2.27. The predicted molar refractivity (Wildman–Crippen MR) is 56.5 cm³/mol. The second-order valence-corrected chi connectivity index (χ2v) is 3.35. The first-order valence-corrected chi connectivity index (χ1v) is 4.62. The Morgan fingerprint density at radius 1 is 1.19 bits per heavy atom. The molecule has 1 heterocycles. The van der Waals surface area contributed by atoms with Gasteiger partial charge in [0.2, 0.25) is 0 Å². The summed E-state index contributed by atoms with van der Waals surface area (Å²) in [7, 11) is 0. The van der Waals surface area contributed by atoms with Crippen molar-refractivity contribution in [3.8, 4) is 11.3 Å². The number of nitrogen functional groups attached to an aromatic ring is 1. The number of anilines is 1. The van der Waals surface area contributed by atoms with E-state index in [1.165, 1.54) is 12.4 Å². The summed E-state index contributed by atoms with van der Waals surface area (Å²) in [6, 6.07) is 3.27. The van der Waals surface area contributed by atoms with Gasteiger partial charge in [0.25, 0.3) is 0 Å². The number of rotatable bonds is 1. The van der Waals surface area contributed by atoms with Crippen molar-refractivity contribution in [1.29, 1.82) is 0 Å². The van der Waals surface area contributed by atoms with Gasteiger partial charge in [-0.3, -0.25) is 0 Å². The number of aromatic nitrogens is 2. The molecule has 0 atom stereocenters. The Hall–Kier alpha value is -2.04. The van der Waals surface area contributed by atoms with Crippen molar-refractivity contribution in [2.24, 2.45) is 0 Å². The first-order chi connectivity index (χ1) is 7.59. The van der Waals surface area contributed by atoms with E-state index in [0.717, 1.165) is 12.1 Å². The molecule has 1 aromatic heterocycles. The molecule has 0 aliphatic carbocycles. The molecule has 0 radical (unpaired) electrons. The average Bonchev–Trinajstić information content (AvgIpc) is 2.23. The molecule has 82 valence electrons. The van der Waals surface area contributed by atoms with E-state index in [1.807, 2.05) is 0 Å². The highest BCUT2D eigenvalue weighted by atomic mass is 19.1. The Morgan fingerprint density at radius 2 is 1.94 bits per heavy atom. The molecular weight excluding hydrogens is 212 g/mol. The Labute approximate surface area is 91.0 Å². The quantitative estimate of drug-likeness (QED) is 0.803. The zero-order valence-electron chi connectivity index (χ0n) is 8.54. The number of nitrogens with two attached hydrogens (primary N) is 1. The highest BCUT2D eigenvalue weighted by Crippen LogP contribution is 2.27. The number of nitrogens with zero attached hydrogens (tertiary/aromatic N) is 2. The molecule has 3 nitrogen and oxygen atoms in total. The summed E-state index contributed by atoms with van der Waals surface area (Å²) in [5, 5.41) is 0. The van der Waals surface area contributed by atoms with Crippen LogP contribution in [-0.2, 0) is 0 Å². The van der Waals surface area contributed by atoms with Gasteiger partial charge in [-0.2, -0.15) is 0 Å². The molecule has 0 unspecified atom stereocenters. The summed E-state index contributed by atoms with van der Waals surface area (Å²) in [5.41, 5.74) is 7.05. The van der Waals surface area contributed by atoms with E-state index in [-0.39, 0.29) is 11.3 Å². The standard InChI is InChI=1S/C11H9F2N3/c1-6-10(14)11(16-5-15-6)8-3-2-7(12)4-9(8)13/h2-5H,14H2,1H3. The third kappa shape index (κ3) is 1.71. The van der Waals surface area contributed by atoms with Gasteiger partial charge in [0, 0.05) is 11.6 Å². The Morgan fingerprint density at radius 3 is 2.62 bits per heavy atom. The first kappa shape index (κ1) is 10.5. The molecule has 0 aliphatic rings. The highest BCUT2D eigenvalue weighted by molar-refractivity contribution is 5.73. The van der Waals surface area contributed by atoms with Crippen LogP contribution in [0.2, 0.25) is 0 Å². The van der Waals surface area contributed by atoms with E-state index in [0.29, 0.717) is 11.4 Å². The SMILES string of the molecule is Cc1ncnc(-c2ccc(F)cc2F)c1N. The number of benzene rings is 1. The van der Waals surface area contributed by atoms with Gasteiger partial charge in [-0.05, 0) is 19.1 Å². The maximum atomic E-state index is 13.5. The summed E-state index contributed by atoms with van der Waals surface area (Å²) in [6.07, 6.45) is 1.30. The first-order valence-electron chi connectivity index (χ1n) is 4.62. The van der Waals surface area contributed by atoms with Crippen molar-refractivity contribution in [3.63, 3.8) is 0 Å². The fourth-order valence-electron chi connectivity index (χ4n) is 1.38. The molecule has 0 saturated heterocycles. The van der Waals surface area contributed by atoms with Gasteiger partial charge in [0.15, 0.2) is 0 Å². The van der Waals surface area contributed by atoms with Gasteiger partial charge in [0.05, 0.1) is 17.1 Å². The molecule has 1 aromatic carbocycles. The van der Waals surface area contributed by atoms with Crippen LogP contribution < -0.4 is 5.73 Å². The van der Waals surface area contributed by atoms with Crippen molar-refractivity contribution < 1.29 is 8.78 Å². The molecular formula is C11H9F2N3. The lowest BCUT2D eigenvalue weighted by atomic mass is 10.1. The van der Waals surface area contributed by atoms with Crippen molar-refractivity contribution >= 4 is 5.69 Å². The number of hydrogen-bond acceptors (Lipinski definition) is 3. The van der Waals surface area contributed by atoms with E-state index >= 15 is 0 Å². The normalized spacial score (nSPS) is 10.4. The Kier molecular flexibility index (Phi) is 2.52. The lowest BCUT2D eigenvalue weighted by Gasteiger charge is -2.07. The lowest BCUT2D eigenvalue weighted by molar-refractivity contribution is 0.585. The van der Waals surface area contributed by atoms with E-state index in [4.69, 9.17) is 5.73 Å². The van der Waals surface area contributed by atoms with Gasteiger partial charge in [-0.1, -0.05) is 0 Å². The van der Waals surface area contributed by atoms with Crippen molar-refractivity contribution in [2.45, 2.75) is 6.92 Å². The van der Waals surface area contributed by atoms with E-state index in [1.54, 1.807) is 6.92 Å². The number of aryl methyl sites for hydroxylation is 1. The molecule has 0 fully saturated rings. The fraction of sp³-hybridized carbons (Fsp3) is 0.0909. The van der Waals surface area contributed by atoms with Crippen LogP contribution in [0.4, 0.5) is 14.5 Å². The van der Waals surface area contributed by atoms with Gasteiger partial charge < -0.3 is 5.73 Å². The van der Waals surface area contributed by atoms with Crippen LogP contribution in [0.15, 0.2) is 24.5 Å². The maximum absolute atomic E-state index is 13.5. The minimum atomic E-state index is -0.690. The molecule has 0 amide bonds. The van der Waals surface area contributed by atoms with Crippen molar-refractivity contribution in [1.82, 2.24) is 9.97 Å². The Bertz CT molecular complexity index is 541. The van der Waals surface area contributed by atoms with Crippen LogP contribution in [0.25, 0.3) is 11.3 Å². The third-order valence-corrected chi connectivity index (χ3v) is 2.27. The highest BCUT2D eigenvalue weighted by Gasteiger charge is 2.12. The van der Waals surface area contributed by atoms with Crippen molar-refractivity contribution in [3.05, 3.63) is 41.9 Å². The molecule has 0 saturated carbocycles.